The summed E-state index contributed by atoms with van der Waals surface area (Å²) in [7, 11) is 0. The van der Waals surface area contributed by atoms with Crippen LogP contribution in [0.1, 0.15) is 21.5 Å². The molecule has 80 valence electrons. The van der Waals surface area contributed by atoms with E-state index in [1.165, 1.54) is 0 Å². The van der Waals surface area contributed by atoms with E-state index < -0.39 is 5.97 Å². The van der Waals surface area contributed by atoms with Gasteiger partial charge in [-0.25, -0.2) is 4.79 Å². The van der Waals surface area contributed by atoms with E-state index in [4.69, 9.17) is 5.11 Å². The molecule has 2 nitrogen and oxygen atoms in total. The van der Waals surface area contributed by atoms with Crippen LogP contribution in [0, 0.1) is 0 Å². The second-order valence-electron chi connectivity index (χ2n) is 3.28. The first-order valence-electron chi connectivity index (χ1n) is 4.80. The zero-order valence-electron chi connectivity index (χ0n) is 8.46. The van der Waals surface area contributed by atoms with Crippen molar-refractivity contribution in [1.29, 1.82) is 0 Å². The minimum atomic E-state index is -0.898. The Kier molecular flexibility index (Phi) is 3.17. The van der Waals surface area contributed by atoms with Gasteiger partial charge in [-0.15, -0.1) is 0 Å². The van der Waals surface area contributed by atoms with E-state index in [-0.39, 0.29) is 0 Å². The molecule has 0 spiro atoms. The lowest BCUT2D eigenvalue weighted by atomic mass is 10.1. The van der Waals surface area contributed by atoms with Crippen LogP contribution < -0.4 is 0 Å². The van der Waals surface area contributed by atoms with Crippen LogP contribution in [0.2, 0.25) is 0 Å². The lowest BCUT2D eigenvalue weighted by Gasteiger charge is -1.99. The smallest absolute Gasteiger partial charge is 0.336 e. The standard InChI is InChI=1S/C13H10O2S/c14-13(15)12-4-2-1-3-11(12)6-5-10-7-8-16-9-10/h1-9H,(H,14,15). The number of aromatic carboxylic acids is 1. The number of hydrogen-bond acceptors (Lipinski definition) is 2. The molecule has 0 saturated heterocycles. The largest absolute Gasteiger partial charge is 0.478 e. The molecule has 0 radical (unpaired) electrons. The Bertz CT molecular complexity index is 512. The maximum Gasteiger partial charge on any atom is 0.336 e. The highest BCUT2D eigenvalue weighted by Gasteiger charge is 2.05. The Labute approximate surface area is 97.5 Å². The molecular weight excluding hydrogens is 220 g/mol. The van der Waals surface area contributed by atoms with E-state index in [1.807, 2.05) is 35.0 Å². The van der Waals surface area contributed by atoms with Crippen molar-refractivity contribution in [2.24, 2.45) is 0 Å². The van der Waals surface area contributed by atoms with Gasteiger partial charge in [0.05, 0.1) is 5.56 Å². The van der Waals surface area contributed by atoms with Gasteiger partial charge >= 0.3 is 5.97 Å². The molecule has 1 aromatic heterocycles. The quantitative estimate of drug-likeness (QED) is 0.874. The van der Waals surface area contributed by atoms with Gasteiger partial charge < -0.3 is 5.11 Å². The molecule has 1 aromatic carbocycles. The summed E-state index contributed by atoms with van der Waals surface area (Å²) >= 11 is 1.62. The maximum atomic E-state index is 11.0. The number of carboxylic acid groups (broad SMARTS) is 1. The predicted molar refractivity (Wildman–Crippen MR) is 66.6 cm³/mol. The van der Waals surface area contributed by atoms with Gasteiger partial charge in [0, 0.05) is 0 Å². The van der Waals surface area contributed by atoms with Crippen LogP contribution in [0.3, 0.4) is 0 Å². The molecule has 0 bridgehead atoms. The molecule has 0 saturated carbocycles. The topological polar surface area (TPSA) is 37.3 Å². The molecule has 0 fully saturated rings. The zero-order valence-corrected chi connectivity index (χ0v) is 9.28. The summed E-state index contributed by atoms with van der Waals surface area (Å²) < 4.78 is 0. The summed E-state index contributed by atoms with van der Waals surface area (Å²) in [6.07, 6.45) is 3.74. The van der Waals surface area contributed by atoms with Gasteiger partial charge in [0.2, 0.25) is 0 Å². The minimum Gasteiger partial charge on any atom is -0.478 e. The summed E-state index contributed by atoms with van der Waals surface area (Å²) in [4.78, 5) is 11.0. The van der Waals surface area contributed by atoms with Crippen molar-refractivity contribution in [3.63, 3.8) is 0 Å². The third-order valence-corrected chi connectivity index (χ3v) is 2.89. The molecule has 3 heteroatoms. The fourth-order valence-corrected chi connectivity index (χ4v) is 2.02. The van der Waals surface area contributed by atoms with Crippen molar-refractivity contribution < 1.29 is 9.90 Å². The summed E-state index contributed by atoms with van der Waals surface area (Å²) in [5, 5.41) is 13.0. The van der Waals surface area contributed by atoms with Crippen molar-refractivity contribution in [3.05, 3.63) is 57.8 Å². The summed E-state index contributed by atoms with van der Waals surface area (Å²) in [6, 6.07) is 8.96. The molecule has 1 heterocycles. The van der Waals surface area contributed by atoms with Crippen LogP contribution in [0.4, 0.5) is 0 Å². The van der Waals surface area contributed by atoms with Crippen LogP contribution >= 0.6 is 11.3 Å². The molecule has 0 aliphatic heterocycles. The molecular formula is C13H10O2S. The highest BCUT2D eigenvalue weighted by Crippen LogP contribution is 2.14. The van der Waals surface area contributed by atoms with Gasteiger partial charge in [-0.1, -0.05) is 30.4 Å². The summed E-state index contributed by atoms with van der Waals surface area (Å²) in [6.45, 7) is 0. The Balaban J connectivity index is 2.31. The number of hydrogen-bond donors (Lipinski definition) is 1. The van der Waals surface area contributed by atoms with Gasteiger partial charge in [-0.3, -0.25) is 0 Å². The van der Waals surface area contributed by atoms with Crippen LogP contribution in [0.15, 0.2) is 41.1 Å². The molecule has 2 aromatic rings. The first-order valence-corrected chi connectivity index (χ1v) is 5.74. The number of carbonyl (C=O) groups is 1. The summed E-state index contributed by atoms with van der Waals surface area (Å²) in [5.74, 6) is -0.898. The van der Waals surface area contributed by atoms with Gasteiger partial charge in [0.25, 0.3) is 0 Å². The summed E-state index contributed by atoms with van der Waals surface area (Å²) in [5.41, 5.74) is 2.14. The number of benzene rings is 1. The lowest BCUT2D eigenvalue weighted by molar-refractivity contribution is 0.0696. The number of thiophene rings is 1. The molecule has 0 amide bonds. The van der Waals surface area contributed by atoms with E-state index in [2.05, 4.69) is 0 Å². The number of carboxylic acids is 1. The van der Waals surface area contributed by atoms with Crippen molar-refractivity contribution in [2.75, 3.05) is 0 Å². The zero-order chi connectivity index (χ0) is 11.4. The van der Waals surface area contributed by atoms with Crippen molar-refractivity contribution in [1.82, 2.24) is 0 Å². The first kappa shape index (κ1) is 10.6. The molecule has 16 heavy (non-hydrogen) atoms. The van der Waals surface area contributed by atoms with E-state index in [9.17, 15) is 4.79 Å². The fraction of sp³-hybridized carbons (Fsp3) is 0. The van der Waals surface area contributed by atoms with Gasteiger partial charge in [-0.2, -0.15) is 11.3 Å². The second-order valence-corrected chi connectivity index (χ2v) is 4.06. The number of rotatable bonds is 3. The Morgan fingerprint density at radius 3 is 2.69 bits per heavy atom. The molecule has 0 aliphatic rings. The average Bonchev–Trinajstić information content (AvgIpc) is 2.79. The van der Waals surface area contributed by atoms with Gasteiger partial charge in [0.15, 0.2) is 0 Å². The minimum absolute atomic E-state index is 0.328. The molecule has 0 unspecified atom stereocenters. The van der Waals surface area contributed by atoms with E-state index in [0.29, 0.717) is 5.56 Å². The van der Waals surface area contributed by atoms with Crippen molar-refractivity contribution >= 4 is 29.5 Å². The molecule has 0 atom stereocenters. The van der Waals surface area contributed by atoms with E-state index >= 15 is 0 Å². The third kappa shape index (κ3) is 2.38. The SMILES string of the molecule is O=C(O)c1ccccc1C=Cc1ccsc1. The highest BCUT2D eigenvalue weighted by atomic mass is 32.1. The Morgan fingerprint density at radius 1 is 1.19 bits per heavy atom. The van der Waals surface area contributed by atoms with Crippen molar-refractivity contribution in [3.8, 4) is 0 Å². The molecule has 2 rings (SSSR count). The van der Waals surface area contributed by atoms with Gasteiger partial charge in [-0.05, 0) is 34.0 Å². The monoisotopic (exact) mass is 230 g/mol. The lowest BCUT2D eigenvalue weighted by Crippen LogP contribution is -1.98. The Morgan fingerprint density at radius 2 is 2.00 bits per heavy atom. The van der Waals surface area contributed by atoms with Gasteiger partial charge in [0.1, 0.15) is 0 Å². The second kappa shape index (κ2) is 4.77. The average molecular weight is 230 g/mol. The first-order chi connectivity index (χ1) is 7.77. The van der Waals surface area contributed by atoms with Crippen LogP contribution in [-0.2, 0) is 0 Å². The predicted octanol–water partition coefficient (Wildman–Crippen LogP) is 3.62. The third-order valence-electron chi connectivity index (χ3n) is 2.19. The fourth-order valence-electron chi connectivity index (χ4n) is 1.39. The van der Waals surface area contributed by atoms with Crippen LogP contribution in [0.25, 0.3) is 12.2 Å². The molecule has 0 aliphatic carbocycles. The van der Waals surface area contributed by atoms with Crippen LogP contribution in [0.5, 0.6) is 0 Å². The maximum absolute atomic E-state index is 11.0. The molecule has 1 N–H and O–H groups in total. The Hall–Kier alpha value is -1.87. The van der Waals surface area contributed by atoms with E-state index in [0.717, 1.165) is 11.1 Å². The van der Waals surface area contributed by atoms with E-state index in [1.54, 1.807) is 29.5 Å². The van der Waals surface area contributed by atoms with Crippen molar-refractivity contribution in [2.45, 2.75) is 0 Å². The van der Waals surface area contributed by atoms with Crippen LogP contribution in [-0.4, -0.2) is 11.1 Å². The normalized spacial score (nSPS) is 10.8. The highest BCUT2D eigenvalue weighted by molar-refractivity contribution is 7.08.